The SMILES string of the molecule is CC/C=C(/C)S. The fourth-order valence-corrected chi connectivity index (χ4v) is 0.478. The molecule has 0 saturated carbocycles. The molecule has 0 bridgehead atoms. The van der Waals surface area contributed by atoms with Crippen molar-refractivity contribution in [1.29, 1.82) is 0 Å². The van der Waals surface area contributed by atoms with Gasteiger partial charge in [0, 0.05) is 0 Å². The van der Waals surface area contributed by atoms with E-state index in [0.29, 0.717) is 0 Å². The smallest absolute Gasteiger partial charge is 0.0255 e. The van der Waals surface area contributed by atoms with Crippen LogP contribution in [0.4, 0.5) is 0 Å². The summed E-state index contributed by atoms with van der Waals surface area (Å²) in [6, 6.07) is 0. The Morgan fingerprint density at radius 2 is 2.33 bits per heavy atom. The predicted octanol–water partition coefficient (Wildman–Crippen LogP) is 2.23. The molecule has 0 aromatic rings. The molecule has 0 aliphatic rings. The lowest BCUT2D eigenvalue weighted by molar-refractivity contribution is 1.21. The van der Waals surface area contributed by atoms with Crippen LogP contribution in [-0.2, 0) is 0 Å². The van der Waals surface area contributed by atoms with Crippen molar-refractivity contribution in [3.63, 3.8) is 0 Å². The van der Waals surface area contributed by atoms with E-state index in [9.17, 15) is 0 Å². The molecule has 0 rings (SSSR count). The Bertz CT molecular complexity index is 51.0. The highest BCUT2D eigenvalue weighted by molar-refractivity contribution is 7.84. The molecule has 1 heteroatoms. The van der Waals surface area contributed by atoms with Crippen LogP contribution in [0, 0.1) is 0 Å². The summed E-state index contributed by atoms with van der Waals surface area (Å²) in [4.78, 5) is 1.11. The lowest BCUT2D eigenvalue weighted by atomic mass is 10.4. The number of rotatable bonds is 1. The third-order valence-corrected chi connectivity index (χ3v) is 0.682. The first-order valence-electron chi connectivity index (χ1n) is 2.13. The van der Waals surface area contributed by atoms with E-state index >= 15 is 0 Å². The van der Waals surface area contributed by atoms with Crippen molar-refractivity contribution in [2.45, 2.75) is 20.3 Å². The van der Waals surface area contributed by atoms with Crippen molar-refractivity contribution >= 4 is 12.6 Å². The van der Waals surface area contributed by atoms with E-state index in [-0.39, 0.29) is 0 Å². The van der Waals surface area contributed by atoms with Crippen molar-refractivity contribution in [3.8, 4) is 0 Å². The molecule has 6 heavy (non-hydrogen) atoms. The molecule has 0 amide bonds. The second-order valence-corrected chi connectivity index (χ2v) is 1.96. The molecule has 0 aromatic heterocycles. The van der Waals surface area contributed by atoms with Crippen LogP contribution in [0.5, 0.6) is 0 Å². The molecule has 0 saturated heterocycles. The fraction of sp³-hybridized carbons (Fsp3) is 0.600. The second-order valence-electron chi connectivity index (χ2n) is 1.25. The summed E-state index contributed by atoms with van der Waals surface area (Å²) in [5.41, 5.74) is 0. The molecule has 0 spiro atoms. The molecule has 0 heterocycles. The highest BCUT2D eigenvalue weighted by Crippen LogP contribution is 1.96. The van der Waals surface area contributed by atoms with E-state index in [4.69, 9.17) is 0 Å². The van der Waals surface area contributed by atoms with Gasteiger partial charge in [0.25, 0.3) is 0 Å². The quantitative estimate of drug-likeness (QED) is 0.482. The van der Waals surface area contributed by atoms with E-state index in [1.54, 1.807) is 0 Å². The summed E-state index contributed by atoms with van der Waals surface area (Å²) in [6.45, 7) is 4.08. The summed E-state index contributed by atoms with van der Waals surface area (Å²) in [7, 11) is 0. The van der Waals surface area contributed by atoms with Crippen LogP contribution in [-0.4, -0.2) is 0 Å². The number of thiol groups is 1. The Hall–Kier alpha value is 0.0900. The van der Waals surface area contributed by atoms with Crippen molar-refractivity contribution in [2.24, 2.45) is 0 Å². The van der Waals surface area contributed by atoms with E-state index in [2.05, 4.69) is 25.6 Å². The number of allylic oxidation sites excluding steroid dienone is 2. The zero-order valence-electron chi connectivity index (χ0n) is 4.23. The van der Waals surface area contributed by atoms with Crippen LogP contribution < -0.4 is 0 Å². The molecule has 0 aromatic carbocycles. The largest absolute Gasteiger partial charge is 0.149 e. The third-order valence-electron chi connectivity index (χ3n) is 0.500. The monoisotopic (exact) mass is 102 g/mol. The number of hydrogen-bond acceptors (Lipinski definition) is 1. The Balaban J connectivity index is 3.14. The first-order valence-corrected chi connectivity index (χ1v) is 2.57. The molecular weight excluding hydrogens is 92.1 g/mol. The van der Waals surface area contributed by atoms with Gasteiger partial charge in [-0.25, -0.2) is 0 Å². The van der Waals surface area contributed by atoms with Crippen molar-refractivity contribution in [2.75, 3.05) is 0 Å². The Kier molecular flexibility index (Phi) is 3.34. The molecule has 0 unspecified atom stereocenters. The lowest BCUT2D eigenvalue weighted by Gasteiger charge is -1.79. The van der Waals surface area contributed by atoms with E-state index < -0.39 is 0 Å². The van der Waals surface area contributed by atoms with Crippen LogP contribution in [0.3, 0.4) is 0 Å². The predicted molar refractivity (Wildman–Crippen MR) is 33.0 cm³/mol. The molecule has 0 aliphatic carbocycles. The van der Waals surface area contributed by atoms with Gasteiger partial charge in [0.2, 0.25) is 0 Å². The van der Waals surface area contributed by atoms with Gasteiger partial charge < -0.3 is 0 Å². The van der Waals surface area contributed by atoms with Crippen molar-refractivity contribution < 1.29 is 0 Å². The minimum Gasteiger partial charge on any atom is -0.149 e. The third kappa shape index (κ3) is 4.09. The molecule has 0 fully saturated rings. The molecule has 0 atom stereocenters. The van der Waals surface area contributed by atoms with Crippen LogP contribution >= 0.6 is 12.6 Å². The molecule has 0 aliphatic heterocycles. The summed E-state index contributed by atoms with van der Waals surface area (Å²) in [6.07, 6.45) is 3.17. The minimum absolute atomic E-state index is 1.09. The highest BCUT2D eigenvalue weighted by Gasteiger charge is 1.68. The van der Waals surface area contributed by atoms with Gasteiger partial charge in [0.15, 0.2) is 0 Å². The maximum Gasteiger partial charge on any atom is -0.0255 e. The van der Waals surface area contributed by atoms with Crippen LogP contribution in [0.2, 0.25) is 0 Å². The molecule has 0 radical (unpaired) electrons. The van der Waals surface area contributed by atoms with Crippen molar-refractivity contribution in [3.05, 3.63) is 11.0 Å². The average Bonchev–Trinajstić information content (AvgIpc) is 1.35. The Morgan fingerprint density at radius 1 is 1.83 bits per heavy atom. The van der Waals surface area contributed by atoms with E-state index in [1.165, 1.54) is 0 Å². The zero-order chi connectivity index (χ0) is 4.99. The molecular formula is C5H10S. The zero-order valence-corrected chi connectivity index (χ0v) is 5.13. The van der Waals surface area contributed by atoms with E-state index in [0.717, 1.165) is 11.3 Å². The number of hydrogen-bond donors (Lipinski definition) is 1. The van der Waals surface area contributed by atoms with Gasteiger partial charge in [0.1, 0.15) is 0 Å². The van der Waals surface area contributed by atoms with Gasteiger partial charge in [-0.1, -0.05) is 13.0 Å². The standard InChI is InChI=1S/C5H10S/c1-3-4-5(2)6/h4,6H,3H2,1-2H3/b5-4-. The van der Waals surface area contributed by atoms with Gasteiger partial charge in [-0.15, -0.1) is 12.6 Å². The van der Waals surface area contributed by atoms with Gasteiger partial charge in [-0.05, 0) is 18.2 Å². The Labute approximate surface area is 44.7 Å². The van der Waals surface area contributed by atoms with Crippen LogP contribution in [0.15, 0.2) is 11.0 Å². The summed E-state index contributed by atoms with van der Waals surface area (Å²) >= 11 is 4.04. The summed E-state index contributed by atoms with van der Waals surface area (Å²) < 4.78 is 0. The van der Waals surface area contributed by atoms with Gasteiger partial charge in [0.05, 0.1) is 0 Å². The second kappa shape index (κ2) is 3.29. The summed E-state index contributed by atoms with van der Waals surface area (Å²) in [5, 5.41) is 0. The first kappa shape index (κ1) is 6.09. The topological polar surface area (TPSA) is 0 Å². The molecule has 0 nitrogen and oxygen atoms in total. The van der Waals surface area contributed by atoms with Gasteiger partial charge in [-0.2, -0.15) is 0 Å². The first-order chi connectivity index (χ1) is 2.77. The summed E-state index contributed by atoms with van der Waals surface area (Å²) in [5.74, 6) is 0. The lowest BCUT2D eigenvalue weighted by Crippen LogP contribution is -1.54. The minimum atomic E-state index is 1.09. The maximum absolute atomic E-state index is 4.04. The van der Waals surface area contributed by atoms with Gasteiger partial charge in [-0.3, -0.25) is 0 Å². The maximum atomic E-state index is 4.04. The fourth-order valence-electron chi connectivity index (χ4n) is 0.295. The highest BCUT2D eigenvalue weighted by atomic mass is 32.1. The van der Waals surface area contributed by atoms with Crippen LogP contribution in [0.1, 0.15) is 20.3 Å². The van der Waals surface area contributed by atoms with Crippen LogP contribution in [0.25, 0.3) is 0 Å². The average molecular weight is 102 g/mol. The normalized spacial score (nSPS) is 12.2. The Morgan fingerprint density at radius 3 is 2.33 bits per heavy atom. The van der Waals surface area contributed by atoms with Crippen molar-refractivity contribution in [1.82, 2.24) is 0 Å². The van der Waals surface area contributed by atoms with Gasteiger partial charge >= 0.3 is 0 Å². The van der Waals surface area contributed by atoms with E-state index in [1.807, 2.05) is 6.92 Å². The molecule has 36 valence electrons. The molecule has 0 N–H and O–H groups in total.